The zero-order chi connectivity index (χ0) is 52.9. The summed E-state index contributed by atoms with van der Waals surface area (Å²) in [4.78, 5) is 37.9. The predicted molar refractivity (Wildman–Crippen MR) is 316 cm³/mol. The fraction of sp³-hybridized carbons (Fsp3) is 0.746. The van der Waals surface area contributed by atoms with Crippen molar-refractivity contribution in [3.05, 3.63) is 85.1 Å². The Labute approximate surface area is 452 Å². The van der Waals surface area contributed by atoms with Crippen molar-refractivity contribution in [2.24, 2.45) is 0 Å². The topological polar surface area (TPSA) is 78.9 Å². The number of carbonyl (C=O) groups excluding carboxylic acids is 3. The van der Waals surface area contributed by atoms with Crippen molar-refractivity contribution in [3.8, 4) is 0 Å². The number of hydrogen-bond acceptors (Lipinski definition) is 6. The molecule has 420 valence electrons. The highest BCUT2D eigenvalue weighted by atomic mass is 16.6. The van der Waals surface area contributed by atoms with E-state index in [-0.39, 0.29) is 31.1 Å². The highest BCUT2D eigenvalue weighted by Crippen LogP contribution is 2.16. The number of unbranched alkanes of at least 4 members (excludes halogenated alkanes) is 31. The molecule has 0 N–H and O–H groups in total. The standard InChI is InChI=1S/C67H116O6/c1-4-7-10-13-15-17-19-21-23-25-27-29-31-32-33-34-36-37-39-41-43-45-47-49-51-54-57-60-66(69)72-63-64(62-71-65(68)59-56-53-12-9-6-3)73-67(70)61-58-55-52-50-48-46-44-42-40-38-35-30-28-26-24-22-20-18-16-14-11-8-5-2/h7,10,15,17,20-23,26-29,35,38,64H,4-6,8-9,11-14,16,18-19,24-25,30-34,36-37,39-63H2,1-3H3/b10-7-,17-15-,22-20-,23-21-,28-26-,29-27-,38-35-. The van der Waals surface area contributed by atoms with E-state index in [1.165, 1.54) is 154 Å². The minimum absolute atomic E-state index is 0.0783. The highest BCUT2D eigenvalue weighted by Gasteiger charge is 2.19. The summed E-state index contributed by atoms with van der Waals surface area (Å²) in [5.74, 6) is -0.891. The van der Waals surface area contributed by atoms with Crippen LogP contribution in [-0.2, 0) is 28.6 Å². The zero-order valence-corrected chi connectivity index (χ0v) is 48.1. The first-order valence-corrected chi connectivity index (χ1v) is 31.1. The Morgan fingerprint density at radius 1 is 0.288 bits per heavy atom. The first-order valence-electron chi connectivity index (χ1n) is 31.1. The fourth-order valence-electron chi connectivity index (χ4n) is 8.74. The summed E-state index contributed by atoms with van der Waals surface area (Å²) in [5.41, 5.74) is 0. The average Bonchev–Trinajstić information content (AvgIpc) is 3.39. The van der Waals surface area contributed by atoms with Crippen LogP contribution in [0.5, 0.6) is 0 Å². The molecule has 0 saturated heterocycles. The van der Waals surface area contributed by atoms with Crippen molar-refractivity contribution in [2.45, 2.75) is 309 Å². The SMILES string of the molecule is CC/C=C\C/C=C\C/C=C\C/C=C\CCCCCCCCCCCCCCCCC(=O)OCC(COC(=O)CCCCCCC)OC(=O)CCCCCCCCCC/C=C\C/C=C\C/C=C\CCCCCCC. The summed E-state index contributed by atoms with van der Waals surface area (Å²) >= 11 is 0. The van der Waals surface area contributed by atoms with E-state index in [1.54, 1.807) is 0 Å². The smallest absolute Gasteiger partial charge is 0.306 e. The zero-order valence-electron chi connectivity index (χ0n) is 48.1. The Kier molecular flexibility index (Phi) is 58.3. The van der Waals surface area contributed by atoms with Crippen LogP contribution in [0.4, 0.5) is 0 Å². The van der Waals surface area contributed by atoms with E-state index in [4.69, 9.17) is 14.2 Å². The van der Waals surface area contributed by atoms with Gasteiger partial charge in [0.1, 0.15) is 13.2 Å². The molecular weight excluding hydrogens is 901 g/mol. The molecule has 0 radical (unpaired) electrons. The molecule has 0 aliphatic heterocycles. The third-order valence-electron chi connectivity index (χ3n) is 13.4. The maximum atomic E-state index is 12.8. The molecular formula is C67H116O6. The van der Waals surface area contributed by atoms with Crippen LogP contribution in [0.3, 0.4) is 0 Å². The number of hydrogen-bond donors (Lipinski definition) is 0. The van der Waals surface area contributed by atoms with Crippen LogP contribution in [0, 0.1) is 0 Å². The molecule has 0 saturated carbocycles. The number of allylic oxidation sites excluding steroid dienone is 14. The van der Waals surface area contributed by atoms with Crippen molar-refractivity contribution in [1.29, 1.82) is 0 Å². The Morgan fingerprint density at radius 2 is 0.534 bits per heavy atom. The van der Waals surface area contributed by atoms with Crippen LogP contribution < -0.4 is 0 Å². The van der Waals surface area contributed by atoms with Gasteiger partial charge < -0.3 is 14.2 Å². The number of ether oxygens (including phenoxy) is 3. The second kappa shape index (κ2) is 61.1. The van der Waals surface area contributed by atoms with Crippen molar-refractivity contribution in [1.82, 2.24) is 0 Å². The van der Waals surface area contributed by atoms with Crippen molar-refractivity contribution in [3.63, 3.8) is 0 Å². The summed E-state index contributed by atoms with van der Waals surface area (Å²) in [6.45, 7) is 6.45. The molecule has 1 atom stereocenters. The van der Waals surface area contributed by atoms with Gasteiger partial charge in [-0.05, 0) is 96.3 Å². The van der Waals surface area contributed by atoms with Gasteiger partial charge in [0, 0.05) is 19.3 Å². The second-order valence-corrected chi connectivity index (χ2v) is 20.6. The molecule has 0 bridgehead atoms. The van der Waals surface area contributed by atoms with Gasteiger partial charge in [0.2, 0.25) is 0 Å². The lowest BCUT2D eigenvalue weighted by Gasteiger charge is -2.18. The Hall–Kier alpha value is -3.41. The lowest BCUT2D eigenvalue weighted by Crippen LogP contribution is -2.30. The van der Waals surface area contributed by atoms with Crippen molar-refractivity contribution in [2.75, 3.05) is 13.2 Å². The average molecular weight is 1020 g/mol. The number of rotatable bonds is 56. The lowest BCUT2D eigenvalue weighted by molar-refractivity contribution is -0.167. The van der Waals surface area contributed by atoms with Gasteiger partial charge in [0.25, 0.3) is 0 Å². The fourth-order valence-corrected chi connectivity index (χ4v) is 8.74. The van der Waals surface area contributed by atoms with Crippen LogP contribution in [0.1, 0.15) is 303 Å². The van der Waals surface area contributed by atoms with Gasteiger partial charge in [-0.3, -0.25) is 14.4 Å². The van der Waals surface area contributed by atoms with Crippen LogP contribution in [-0.4, -0.2) is 37.2 Å². The predicted octanol–water partition coefficient (Wildman–Crippen LogP) is 21.1. The van der Waals surface area contributed by atoms with E-state index >= 15 is 0 Å². The van der Waals surface area contributed by atoms with E-state index in [0.717, 1.165) is 109 Å². The maximum absolute atomic E-state index is 12.8. The van der Waals surface area contributed by atoms with Gasteiger partial charge in [-0.1, -0.05) is 273 Å². The molecule has 0 aliphatic rings. The summed E-state index contributed by atoms with van der Waals surface area (Å²) in [6, 6.07) is 0. The van der Waals surface area contributed by atoms with Gasteiger partial charge in [0.05, 0.1) is 0 Å². The molecule has 6 nitrogen and oxygen atoms in total. The highest BCUT2D eigenvalue weighted by molar-refractivity contribution is 5.71. The van der Waals surface area contributed by atoms with Gasteiger partial charge in [-0.25, -0.2) is 0 Å². The Bertz CT molecular complexity index is 1400. The van der Waals surface area contributed by atoms with Gasteiger partial charge in [0.15, 0.2) is 6.10 Å². The molecule has 6 heteroatoms. The van der Waals surface area contributed by atoms with Crippen LogP contribution in [0.15, 0.2) is 85.1 Å². The minimum atomic E-state index is -0.777. The molecule has 0 aromatic rings. The van der Waals surface area contributed by atoms with Crippen LogP contribution in [0.2, 0.25) is 0 Å². The molecule has 0 heterocycles. The molecule has 0 spiro atoms. The number of carbonyl (C=O) groups is 3. The lowest BCUT2D eigenvalue weighted by atomic mass is 10.0. The molecule has 0 amide bonds. The van der Waals surface area contributed by atoms with Crippen molar-refractivity contribution < 1.29 is 28.6 Å². The quantitative estimate of drug-likeness (QED) is 0.0261. The summed E-state index contributed by atoms with van der Waals surface area (Å²) in [6.07, 6.45) is 80.6. The van der Waals surface area contributed by atoms with Crippen LogP contribution in [0.25, 0.3) is 0 Å². The third-order valence-corrected chi connectivity index (χ3v) is 13.4. The van der Waals surface area contributed by atoms with E-state index in [1.807, 2.05) is 0 Å². The summed E-state index contributed by atoms with van der Waals surface area (Å²) < 4.78 is 16.8. The maximum Gasteiger partial charge on any atom is 0.306 e. The Morgan fingerprint density at radius 3 is 0.836 bits per heavy atom. The largest absolute Gasteiger partial charge is 0.462 e. The monoisotopic (exact) mass is 1020 g/mol. The molecule has 0 aromatic carbocycles. The summed E-state index contributed by atoms with van der Waals surface area (Å²) in [5, 5.41) is 0. The molecule has 0 fully saturated rings. The van der Waals surface area contributed by atoms with Gasteiger partial charge >= 0.3 is 17.9 Å². The molecule has 0 aromatic heterocycles. The number of esters is 3. The Balaban J connectivity index is 4.06. The van der Waals surface area contributed by atoms with E-state index in [2.05, 4.69) is 106 Å². The first kappa shape index (κ1) is 69.6. The molecule has 1 unspecified atom stereocenters. The van der Waals surface area contributed by atoms with Gasteiger partial charge in [-0.2, -0.15) is 0 Å². The molecule has 0 aliphatic carbocycles. The van der Waals surface area contributed by atoms with E-state index < -0.39 is 6.10 Å². The third kappa shape index (κ3) is 59.3. The normalized spacial score (nSPS) is 12.6. The van der Waals surface area contributed by atoms with Gasteiger partial charge in [-0.15, -0.1) is 0 Å². The van der Waals surface area contributed by atoms with E-state index in [0.29, 0.717) is 19.3 Å². The minimum Gasteiger partial charge on any atom is -0.462 e. The van der Waals surface area contributed by atoms with Crippen LogP contribution >= 0.6 is 0 Å². The van der Waals surface area contributed by atoms with E-state index in [9.17, 15) is 14.4 Å². The molecule has 0 rings (SSSR count). The second-order valence-electron chi connectivity index (χ2n) is 20.6. The molecule has 73 heavy (non-hydrogen) atoms. The summed E-state index contributed by atoms with van der Waals surface area (Å²) in [7, 11) is 0. The first-order chi connectivity index (χ1) is 36.0. The van der Waals surface area contributed by atoms with Crippen molar-refractivity contribution >= 4 is 17.9 Å².